The minimum atomic E-state index is -0.258. The third-order valence-electron chi connectivity index (χ3n) is 4.79. The van der Waals surface area contributed by atoms with Crippen molar-refractivity contribution in [2.45, 2.75) is 6.42 Å². The zero-order valence-electron chi connectivity index (χ0n) is 16.2. The molecule has 1 aliphatic heterocycles. The highest BCUT2D eigenvalue weighted by Gasteiger charge is 2.31. The van der Waals surface area contributed by atoms with Gasteiger partial charge in [-0.25, -0.2) is 0 Å². The van der Waals surface area contributed by atoms with Crippen LogP contribution in [0.4, 0.5) is 5.69 Å². The number of hydrogen-bond donors (Lipinski definition) is 1. The Balaban J connectivity index is 1.62. The standard InChI is InChI=1S/C21H24N2O5/c1-26-16-9-7-15(8-10-16)23-13-14(11-19(23)24)12-22-21(25)17-5-4-6-18(27-2)20(17)28-3/h4-10,14H,11-13H2,1-3H3,(H,22,25). The Labute approximate surface area is 164 Å². The lowest BCUT2D eigenvalue weighted by atomic mass is 10.1. The molecular weight excluding hydrogens is 360 g/mol. The van der Waals surface area contributed by atoms with E-state index in [-0.39, 0.29) is 17.7 Å². The summed E-state index contributed by atoms with van der Waals surface area (Å²) < 4.78 is 15.7. The van der Waals surface area contributed by atoms with Crippen LogP contribution >= 0.6 is 0 Å². The lowest BCUT2D eigenvalue weighted by molar-refractivity contribution is -0.117. The zero-order valence-corrected chi connectivity index (χ0v) is 16.2. The number of methoxy groups -OCH3 is 3. The van der Waals surface area contributed by atoms with Gasteiger partial charge in [-0.15, -0.1) is 0 Å². The number of nitrogens with zero attached hydrogens (tertiary/aromatic N) is 1. The highest BCUT2D eigenvalue weighted by molar-refractivity contribution is 5.98. The average molecular weight is 384 g/mol. The largest absolute Gasteiger partial charge is 0.497 e. The fourth-order valence-electron chi connectivity index (χ4n) is 3.33. The van der Waals surface area contributed by atoms with Gasteiger partial charge in [0.25, 0.3) is 5.91 Å². The third-order valence-corrected chi connectivity index (χ3v) is 4.79. The van der Waals surface area contributed by atoms with Crippen molar-refractivity contribution in [2.24, 2.45) is 5.92 Å². The van der Waals surface area contributed by atoms with Crippen LogP contribution in [0.25, 0.3) is 0 Å². The Hall–Kier alpha value is -3.22. The Morgan fingerprint density at radius 3 is 2.46 bits per heavy atom. The van der Waals surface area contributed by atoms with Crippen LogP contribution in [0.15, 0.2) is 42.5 Å². The number of anilines is 1. The Bertz CT molecular complexity index is 850. The fraction of sp³-hybridized carbons (Fsp3) is 0.333. The molecule has 0 bridgehead atoms. The number of amides is 2. The van der Waals surface area contributed by atoms with E-state index in [0.29, 0.717) is 36.6 Å². The number of nitrogens with one attached hydrogen (secondary N) is 1. The quantitative estimate of drug-likeness (QED) is 0.794. The van der Waals surface area contributed by atoms with Gasteiger partial charge in [-0.1, -0.05) is 6.07 Å². The van der Waals surface area contributed by atoms with Gasteiger partial charge >= 0.3 is 0 Å². The monoisotopic (exact) mass is 384 g/mol. The maximum absolute atomic E-state index is 12.6. The topological polar surface area (TPSA) is 77.1 Å². The van der Waals surface area contributed by atoms with Gasteiger partial charge in [0.05, 0.1) is 26.9 Å². The van der Waals surface area contributed by atoms with Crippen molar-refractivity contribution >= 4 is 17.5 Å². The van der Waals surface area contributed by atoms with Crippen molar-refractivity contribution in [2.75, 3.05) is 39.3 Å². The predicted molar refractivity (Wildman–Crippen MR) is 105 cm³/mol. The molecule has 28 heavy (non-hydrogen) atoms. The molecule has 2 aromatic carbocycles. The van der Waals surface area contributed by atoms with Gasteiger partial charge in [0.2, 0.25) is 5.91 Å². The summed E-state index contributed by atoms with van der Waals surface area (Å²) in [5, 5.41) is 2.90. The molecule has 2 amide bonds. The van der Waals surface area contributed by atoms with E-state index in [2.05, 4.69) is 5.32 Å². The van der Waals surface area contributed by atoms with Crippen LogP contribution in [0, 0.1) is 5.92 Å². The number of rotatable bonds is 7. The van der Waals surface area contributed by atoms with Gasteiger partial charge in [-0.2, -0.15) is 0 Å². The fourth-order valence-corrected chi connectivity index (χ4v) is 3.33. The minimum Gasteiger partial charge on any atom is -0.497 e. The highest BCUT2D eigenvalue weighted by Crippen LogP contribution is 2.31. The van der Waals surface area contributed by atoms with Crippen molar-refractivity contribution in [1.29, 1.82) is 0 Å². The van der Waals surface area contributed by atoms with Crippen LogP contribution in [0.5, 0.6) is 17.2 Å². The Kier molecular flexibility index (Phi) is 6.03. The maximum Gasteiger partial charge on any atom is 0.255 e. The number of carbonyl (C=O) groups excluding carboxylic acids is 2. The number of ether oxygens (including phenoxy) is 3. The smallest absolute Gasteiger partial charge is 0.255 e. The number of para-hydroxylation sites is 1. The van der Waals surface area contributed by atoms with E-state index >= 15 is 0 Å². The first kappa shape index (κ1) is 19.5. The molecule has 1 saturated heterocycles. The molecular formula is C21H24N2O5. The number of benzene rings is 2. The van der Waals surface area contributed by atoms with Crippen molar-refractivity contribution in [1.82, 2.24) is 5.32 Å². The number of carbonyl (C=O) groups is 2. The molecule has 1 unspecified atom stereocenters. The molecule has 0 aromatic heterocycles. The van der Waals surface area contributed by atoms with Crippen LogP contribution in [-0.4, -0.2) is 46.2 Å². The van der Waals surface area contributed by atoms with Gasteiger partial charge in [0.1, 0.15) is 5.75 Å². The molecule has 0 aliphatic carbocycles. The summed E-state index contributed by atoms with van der Waals surface area (Å²) in [6.45, 7) is 0.957. The van der Waals surface area contributed by atoms with E-state index in [1.807, 2.05) is 24.3 Å². The second kappa shape index (κ2) is 8.65. The molecule has 1 fully saturated rings. The van der Waals surface area contributed by atoms with E-state index in [4.69, 9.17) is 14.2 Å². The van der Waals surface area contributed by atoms with Crippen molar-refractivity contribution in [3.05, 3.63) is 48.0 Å². The van der Waals surface area contributed by atoms with E-state index in [1.54, 1.807) is 30.2 Å². The van der Waals surface area contributed by atoms with Gasteiger partial charge in [0, 0.05) is 31.1 Å². The van der Waals surface area contributed by atoms with E-state index in [1.165, 1.54) is 14.2 Å². The molecule has 1 heterocycles. The molecule has 1 atom stereocenters. The van der Waals surface area contributed by atoms with E-state index in [9.17, 15) is 9.59 Å². The van der Waals surface area contributed by atoms with E-state index in [0.717, 1.165) is 11.4 Å². The first-order chi connectivity index (χ1) is 13.6. The molecule has 3 rings (SSSR count). The average Bonchev–Trinajstić information content (AvgIpc) is 3.11. The molecule has 2 aromatic rings. The third kappa shape index (κ3) is 4.03. The first-order valence-corrected chi connectivity index (χ1v) is 9.01. The van der Waals surface area contributed by atoms with Crippen LogP contribution in [0.1, 0.15) is 16.8 Å². The minimum absolute atomic E-state index is 0.0372. The lowest BCUT2D eigenvalue weighted by Gasteiger charge is -2.17. The molecule has 148 valence electrons. The normalized spacial score (nSPS) is 16.0. The summed E-state index contributed by atoms with van der Waals surface area (Å²) in [4.78, 5) is 26.7. The van der Waals surface area contributed by atoms with Crippen LogP contribution in [-0.2, 0) is 4.79 Å². The molecule has 1 N–H and O–H groups in total. The Morgan fingerprint density at radius 2 is 1.82 bits per heavy atom. The summed E-state index contributed by atoms with van der Waals surface area (Å²) in [5.74, 6) is 1.46. The van der Waals surface area contributed by atoms with E-state index < -0.39 is 0 Å². The SMILES string of the molecule is COc1ccc(N2CC(CNC(=O)c3cccc(OC)c3OC)CC2=O)cc1. The second-order valence-electron chi connectivity index (χ2n) is 6.52. The summed E-state index contributed by atoms with van der Waals surface area (Å²) >= 11 is 0. The molecule has 7 heteroatoms. The molecule has 0 saturated carbocycles. The summed E-state index contributed by atoms with van der Waals surface area (Å²) in [6.07, 6.45) is 0.390. The molecule has 1 aliphatic rings. The highest BCUT2D eigenvalue weighted by atomic mass is 16.5. The zero-order chi connectivity index (χ0) is 20.1. The van der Waals surface area contributed by atoms with Crippen molar-refractivity contribution < 1.29 is 23.8 Å². The predicted octanol–water partition coefficient (Wildman–Crippen LogP) is 2.50. The van der Waals surface area contributed by atoms with Crippen LogP contribution < -0.4 is 24.4 Å². The van der Waals surface area contributed by atoms with Crippen molar-refractivity contribution in [3.63, 3.8) is 0 Å². The van der Waals surface area contributed by atoms with Gasteiger partial charge in [-0.05, 0) is 36.4 Å². The Morgan fingerprint density at radius 1 is 1.07 bits per heavy atom. The molecule has 7 nitrogen and oxygen atoms in total. The lowest BCUT2D eigenvalue weighted by Crippen LogP contribution is -2.31. The van der Waals surface area contributed by atoms with Gasteiger partial charge in [-0.3, -0.25) is 9.59 Å². The van der Waals surface area contributed by atoms with Crippen LogP contribution in [0.3, 0.4) is 0 Å². The summed E-state index contributed by atoms with van der Waals surface area (Å²) in [6, 6.07) is 12.5. The summed E-state index contributed by atoms with van der Waals surface area (Å²) in [7, 11) is 4.63. The molecule has 0 radical (unpaired) electrons. The van der Waals surface area contributed by atoms with Gasteiger partial charge < -0.3 is 24.4 Å². The van der Waals surface area contributed by atoms with Crippen molar-refractivity contribution in [3.8, 4) is 17.2 Å². The molecule has 0 spiro atoms. The summed E-state index contributed by atoms with van der Waals surface area (Å²) in [5.41, 5.74) is 1.23. The number of hydrogen-bond acceptors (Lipinski definition) is 5. The van der Waals surface area contributed by atoms with Crippen LogP contribution in [0.2, 0.25) is 0 Å². The maximum atomic E-state index is 12.6. The second-order valence-corrected chi connectivity index (χ2v) is 6.52. The van der Waals surface area contributed by atoms with Gasteiger partial charge in [0.15, 0.2) is 11.5 Å². The first-order valence-electron chi connectivity index (χ1n) is 9.01.